The van der Waals surface area contributed by atoms with Crippen LogP contribution < -0.4 is 9.64 Å². The van der Waals surface area contributed by atoms with Crippen molar-refractivity contribution in [3.05, 3.63) is 36.2 Å². The summed E-state index contributed by atoms with van der Waals surface area (Å²) in [4.78, 5) is 48.7. The third kappa shape index (κ3) is 4.99. The zero-order chi connectivity index (χ0) is 28.6. The average molecular weight is 550 g/mol. The van der Waals surface area contributed by atoms with Crippen LogP contribution in [0.5, 0.6) is 5.75 Å². The summed E-state index contributed by atoms with van der Waals surface area (Å²) in [5.74, 6) is 1.67. The fraction of sp³-hybridized carbons (Fsp3) is 0.567. The number of rotatable bonds is 7. The number of nitrogens with zero attached hydrogens (tertiary/aromatic N) is 5. The number of ether oxygens (including phenoxy) is 1. The van der Waals surface area contributed by atoms with E-state index in [0.29, 0.717) is 49.3 Å². The molecule has 3 amide bonds. The zero-order valence-corrected chi connectivity index (χ0v) is 24.1. The Hall–Kier alpha value is -3.69. The predicted molar refractivity (Wildman–Crippen MR) is 150 cm³/mol. The lowest BCUT2D eigenvalue weighted by molar-refractivity contribution is -0.137. The minimum absolute atomic E-state index is 0.0383. The van der Waals surface area contributed by atoms with Crippen molar-refractivity contribution in [2.75, 3.05) is 37.7 Å². The highest BCUT2D eigenvalue weighted by atomic mass is 16.5. The van der Waals surface area contributed by atoms with Crippen LogP contribution in [-0.4, -0.2) is 76.0 Å². The summed E-state index contributed by atoms with van der Waals surface area (Å²) in [5, 5.41) is 4.21. The third-order valence-corrected chi connectivity index (χ3v) is 8.80. The van der Waals surface area contributed by atoms with Crippen molar-refractivity contribution < 1.29 is 23.6 Å². The molecule has 2 unspecified atom stereocenters. The number of hydrogen-bond acceptors (Lipinski definition) is 7. The van der Waals surface area contributed by atoms with Crippen LogP contribution in [0.4, 0.5) is 5.69 Å². The molecule has 0 radical (unpaired) electrons. The lowest BCUT2D eigenvalue weighted by Gasteiger charge is -2.40. The molecule has 2 aromatic rings. The number of benzene rings is 1. The molecule has 214 valence electrons. The van der Waals surface area contributed by atoms with Gasteiger partial charge in [-0.2, -0.15) is 4.98 Å². The number of amides is 3. The molecule has 1 aromatic carbocycles. The number of allylic oxidation sites excluding steroid dienone is 1. The Labute approximate surface area is 235 Å². The lowest BCUT2D eigenvalue weighted by Crippen LogP contribution is -2.50. The van der Waals surface area contributed by atoms with E-state index in [9.17, 15) is 14.4 Å². The maximum absolute atomic E-state index is 13.4. The average Bonchev–Trinajstić information content (AvgIpc) is 3.60. The van der Waals surface area contributed by atoms with Crippen LogP contribution in [0.25, 0.3) is 11.4 Å². The minimum atomic E-state index is -0.404. The molecule has 10 nitrogen and oxygen atoms in total. The Bertz CT molecular complexity index is 1310. The van der Waals surface area contributed by atoms with E-state index in [-0.39, 0.29) is 48.5 Å². The van der Waals surface area contributed by atoms with Crippen LogP contribution in [0.2, 0.25) is 0 Å². The number of likely N-dealkylation sites (tertiary alicyclic amines) is 2. The van der Waals surface area contributed by atoms with Crippen LogP contribution in [0.1, 0.15) is 65.7 Å². The van der Waals surface area contributed by atoms with E-state index < -0.39 is 5.54 Å². The van der Waals surface area contributed by atoms with E-state index in [0.717, 1.165) is 18.4 Å². The van der Waals surface area contributed by atoms with Crippen molar-refractivity contribution in [1.82, 2.24) is 19.9 Å². The van der Waals surface area contributed by atoms with Gasteiger partial charge in [-0.3, -0.25) is 14.4 Å². The number of carbonyl (C=O) groups is 3. The summed E-state index contributed by atoms with van der Waals surface area (Å²) in [6.07, 6.45) is 5.76. The second-order valence-corrected chi connectivity index (χ2v) is 11.5. The first kappa shape index (κ1) is 27.9. The molecule has 3 aliphatic rings. The molecule has 10 heteroatoms. The van der Waals surface area contributed by atoms with Gasteiger partial charge in [0.15, 0.2) is 6.61 Å². The third-order valence-electron chi connectivity index (χ3n) is 8.80. The molecule has 0 bridgehead atoms. The van der Waals surface area contributed by atoms with Crippen molar-refractivity contribution in [3.8, 4) is 17.1 Å². The van der Waals surface area contributed by atoms with E-state index in [2.05, 4.69) is 37.0 Å². The molecule has 3 aliphatic heterocycles. The van der Waals surface area contributed by atoms with Crippen molar-refractivity contribution in [1.29, 1.82) is 0 Å². The van der Waals surface area contributed by atoms with Gasteiger partial charge in [-0.15, -0.1) is 0 Å². The van der Waals surface area contributed by atoms with Crippen LogP contribution >= 0.6 is 0 Å². The molecule has 4 heterocycles. The highest BCUT2D eigenvalue weighted by molar-refractivity contribution is 5.98. The molecule has 2 saturated heterocycles. The number of aromatic nitrogens is 2. The molecular weight excluding hydrogens is 510 g/mol. The van der Waals surface area contributed by atoms with Crippen molar-refractivity contribution >= 4 is 23.4 Å². The van der Waals surface area contributed by atoms with Gasteiger partial charge in [0.05, 0.1) is 17.1 Å². The first-order valence-corrected chi connectivity index (χ1v) is 14.3. The zero-order valence-electron chi connectivity index (χ0n) is 24.1. The molecule has 2 atom stereocenters. The monoisotopic (exact) mass is 549 g/mol. The van der Waals surface area contributed by atoms with Gasteiger partial charge in [0, 0.05) is 44.1 Å². The number of likely N-dealkylation sites (N-methyl/N-ethyl adjacent to an activating group) is 1. The summed E-state index contributed by atoms with van der Waals surface area (Å²) in [7, 11) is 0. The highest BCUT2D eigenvalue weighted by Gasteiger charge is 2.45. The lowest BCUT2D eigenvalue weighted by atomic mass is 9.86. The van der Waals surface area contributed by atoms with Gasteiger partial charge in [-0.05, 0) is 57.7 Å². The molecule has 5 rings (SSSR count). The normalized spacial score (nSPS) is 21.8. The Morgan fingerprint density at radius 2 is 1.95 bits per heavy atom. The van der Waals surface area contributed by atoms with Crippen LogP contribution in [0, 0.1) is 11.8 Å². The molecule has 0 N–H and O–H groups in total. The molecule has 0 aliphatic carbocycles. The number of fused-ring (bicyclic) bond motifs is 1. The van der Waals surface area contributed by atoms with Crippen molar-refractivity contribution in [2.45, 2.75) is 65.3 Å². The summed E-state index contributed by atoms with van der Waals surface area (Å²) >= 11 is 0. The SMILES string of the molecule is C/C=C/C(C)(C(C)C)N1CC(C(=O)N2CCC(c3nc(-c4ccc5c(c4)N(CC)C(=O)CO5)no3)CC2)CC1=O. The van der Waals surface area contributed by atoms with E-state index in [4.69, 9.17) is 9.26 Å². The fourth-order valence-corrected chi connectivity index (χ4v) is 6.08. The van der Waals surface area contributed by atoms with Gasteiger partial charge in [-0.25, -0.2) is 0 Å². The van der Waals surface area contributed by atoms with E-state index in [1.807, 2.05) is 47.9 Å². The quantitative estimate of drug-likeness (QED) is 0.480. The van der Waals surface area contributed by atoms with Crippen LogP contribution in [0.15, 0.2) is 34.9 Å². The first-order chi connectivity index (χ1) is 19.2. The van der Waals surface area contributed by atoms with Gasteiger partial charge in [-0.1, -0.05) is 31.2 Å². The number of hydrogen-bond donors (Lipinski definition) is 0. The van der Waals surface area contributed by atoms with E-state index in [1.165, 1.54) is 0 Å². The Morgan fingerprint density at radius 1 is 1.20 bits per heavy atom. The summed E-state index contributed by atoms with van der Waals surface area (Å²) in [6, 6.07) is 5.56. The topological polar surface area (TPSA) is 109 Å². The van der Waals surface area contributed by atoms with Crippen LogP contribution in [0.3, 0.4) is 0 Å². The van der Waals surface area contributed by atoms with Crippen LogP contribution in [-0.2, 0) is 14.4 Å². The molecule has 0 saturated carbocycles. The van der Waals surface area contributed by atoms with Gasteiger partial charge < -0.3 is 24.0 Å². The maximum atomic E-state index is 13.4. The van der Waals surface area contributed by atoms with Gasteiger partial charge in [0.2, 0.25) is 23.5 Å². The number of anilines is 1. The summed E-state index contributed by atoms with van der Waals surface area (Å²) in [6.45, 7) is 12.4. The summed E-state index contributed by atoms with van der Waals surface area (Å²) in [5.41, 5.74) is 1.05. The first-order valence-electron chi connectivity index (χ1n) is 14.3. The molecular formula is C30H39N5O5. The molecule has 2 fully saturated rings. The smallest absolute Gasteiger partial charge is 0.265 e. The van der Waals surface area contributed by atoms with E-state index >= 15 is 0 Å². The van der Waals surface area contributed by atoms with Gasteiger partial charge in [0.1, 0.15) is 5.75 Å². The van der Waals surface area contributed by atoms with Gasteiger partial charge in [0.25, 0.3) is 5.91 Å². The fourth-order valence-electron chi connectivity index (χ4n) is 6.08. The van der Waals surface area contributed by atoms with Crippen molar-refractivity contribution in [3.63, 3.8) is 0 Å². The molecule has 40 heavy (non-hydrogen) atoms. The second kappa shape index (κ2) is 11.1. The Balaban J connectivity index is 1.21. The maximum Gasteiger partial charge on any atom is 0.265 e. The second-order valence-electron chi connectivity index (χ2n) is 11.5. The molecule has 0 spiro atoms. The van der Waals surface area contributed by atoms with E-state index in [1.54, 1.807) is 4.90 Å². The number of piperidine rings is 1. The standard InChI is InChI=1S/C30H39N5O5/c1-6-12-30(5,19(3)4)35-17-22(16-25(35)36)29(38)33-13-10-20(11-14-33)28-31-27(32-40-28)21-8-9-24-23(15-21)34(7-2)26(37)18-39-24/h6,8-9,12,15,19-20,22H,7,10-11,13-14,16-18H2,1-5H3/b12-6+. The highest BCUT2D eigenvalue weighted by Crippen LogP contribution is 2.37. The predicted octanol–water partition coefficient (Wildman–Crippen LogP) is 4.03. The largest absolute Gasteiger partial charge is 0.482 e. The number of carbonyl (C=O) groups excluding carboxylic acids is 3. The minimum Gasteiger partial charge on any atom is -0.482 e. The van der Waals surface area contributed by atoms with Crippen molar-refractivity contribution in [2.24, 2.45) is 11.8 Å². The molecule has 1 aromatic heterocycles. The summed E-state index contributed by atoms with van der Waals surface area (Å²) < 4.78 is 11.2. The van der Waals surface area contributed by atoms with Gasteiger partial charge >= 0.3 is 0 Å². The Morgan fingerprint density at radius 3 is 2.62 bits per heavy atom. The Kier molecular flexibility index (Phi) is 7.70.